The van der Waals surface area contributed by atoms with Crippen LogP contribution in [0.5, 0.6) is 5.75 Å². The van der Waals surface area contributed by atoms with E-state index < -0.39 is 0 Å². The van der Waals surface area contributed by atoms with Crippen molar-refractivity contribution in [3.8, 4) is 5.75 Å². The second-order valence-corrected chi connectivity index (χ2v) is 14.3. The Labute approximate surface area is 300 Å². The molecule has 4 nitrogen and oxygen atoms in total. The number of hydrogen-bond donors (Lipinski definition) is 2. The van der Waals surface area contributed by atoms with Crippen LogP contribution >= 0.6 is 12.4 Å². The first-order chi connectivity index (χ1) is 23.6. The van der Waals surface area contributed by atoms with Gasteiger partial charge in [0, 0.05) is 24.4 Å². The standard InChI is InChI=1S/C44H54N2O2.ClH/c1-48-40-24-21-35(22-25-40)23-26-42(47)46-33-13-30-44(38-16-4-2-5-17-38,39-18-6-3-7-19-39)29-12-20-41-43(28-10-11-32-45-41)31-27-36-14-8-9-15-37(36)34-43;/h2-9,14-19,21-22,24-25,41,45H,10-13,20,23,26-34H2,1H3,(H,46,47);1H. The van der Waals surface area contributed by atoms with Crippen LogP contribution in [0, 0.1) is 5.41 Å². The van der Waals surface area contributed by atoms with Crippen LogP contribution in [-0.2, 0) is 29.5 Å². The molecule has 0 radical (unpaired) electrons. The Morgan fingerprint density at radius 3 is 2.16 bits per heavy atom. The number of aryl methyl sites for hydroxylation is 2. The van der Waals surface area contributed by atoms with E-state index in [1.165, 1.54) is 62.5 Å². The first-order valence-electron chi connectivity index (χ1n) is 18.4. The molecule has 1 saturated heterocycles. The first-order valence-corrected chi connectivity index (χ1v) is 18.4. The van der Waals surface area contributed by atoms with Gasteiger partial charge in [0.2, 0.25) is 5.91 Å². The van der Waals surface area contributed by atoms with Gasteiger partial charge >= 0.3 is 0 Å². The highest BCUT2D eigenvalue weighted by atomic mass is 35.5. The van der Waals surface area contributed by atoms with Crippen LogP contribution in [0.1, 0.15) is 92.0 Å². The number of carbonyl (C=O) groups is 1. The fraction of sp³-hybridized carbons (Fsp3) is 0.432. The molecule has 1 fully saturated rings. The zero-order chi connectivity index (χ0) is 33.1. The summed E-state index contributed by atoms with van der Waals surface area (Å²) < 4.78 is 5.27. The Morgan fingerprint density at radius 2 is 1.47 bits per heavy atom. The van der Waals surface area contributed by atoms with Crippen LogP contribution in [0.25, 0.3) is 0 Å². The third-order valence-corrected chi connectivity index (χ3v) is 11.4. The number of ether oxygens (including phenoxy) is 1. The van der Waals surface area contributed by atoms with Gasteiger partial charge in [-0.1, -0.05) is 110 Å². The number of amides is 1. The molecule has 4 aromatic rings. The minimum atomic E-state index is -0.104. The number of benzene rings is 4. The van der Waals surface area contributed by atoms with E-state index >= 15 is 0 Å². The lowest BCUT2D eigenvalue weighted by Gasteiger charge is -2.44. The quantitative estimate of drug-likeness (QED) is 0.131. The molecule has 1 spiro atoms. The summed E-state index contributed by atoms with van der Waals surface area (Å²) in [5.74, 6) is 0.961. The zero-order valence-electron chi connectivity index (χ0n) is 29.3. The number of rotatable bonds is 14. The summed E-state index contributed by atoms with van der Waals surface area (Å²) in [6.07, 6.45) is 14.3. The van der Waals surface area contributed by atoms with Crippen LogP contribution in [0.3, 0.4) is 0 Å². The molecule has 49 heavy (non-hydrogen) atoms. The van der Waals surface area contributed by atoms with Gasteiger partial charge in [-0.2, -0.15) is 0 Å². The van der Waals surface area contributed by atoms with Gasteiger partial charge in [0.05, 0.1) is 7.11 Å². The molecule has 1 aliphatic heterocycles. The molecule has 2 aliphatic rings. The Hall–Kier alpha value is -3.60. The van der Waals surface area contributed by atoms with E-state index in [1.807, 2.05) is 24.3 Å². The van der Waals surface area contributed by atoms with Gasteiger partial charge in [-0.05, 0) is 116 Å². The van der Waals surface area contributed by atoms with Crippen molar-refractivity contribution in [3.05, 3.63) is 137 Å². The summed E-state index contributed by atoms with van der Waals surface area (Å²) in [6.45, 7) is 1.82. The van der Waals surface area contributed by atoms with Gasteiger partial charge in [0.25, 0.3) is 0 Å². The molecule has 260 valence electrons. The molecule has 0 aromatic heterocycles. The monoisotopic (exact) mass is 678 g/mol. The van der Waals surface area contributed by atoms with E-state index in [0.29, 0.717) is 24.4 Å². The molecular weight excluding hydrogens is 624 g/mol. The molecule has 2 atom stereocenters. The number of hydrogen-bond acceptors (Lipinski definition) is 3. The summed E-state index contributed by atoms with van der Waals surface area (Å²) in [5, 5.41) is 7.32. The highest BCUT2D eigenvalue weighted by Gasteiger charge is 2.42. The van der Waals surface area contributed by atoms with Gasteiger partial charge in [-0.15, -0.1) is 12.4 Å². The largest absolute Gasteiger partial charge is 0.497 e. The van der Waals surface area contributed by atoms with E-state index in [2.05, 4.69) is 95.6 Å². The molecule has 5 heteroatoms. The molecule has 0 bridgehead atoms. The second kappa shape index (κ2) is 17.9. The molecule has 4 aromatic carbocycles. The summed E-state index contributed by atoms with van der Waals surface area (Å²) in [5.41, 5.74) is 7.31. The van der Waals surface area contributed by atoms with E-state index in [0.717, 1.165) is 43.5 Å². The lowest BCUT2D eigenvalue weighted by molar-refractivity contribution is -0.121. The molecule has 2 unspecified atom stereocenters. The Kier molecular flexibility index (Phi) is 13.4. The van der Waals surface area contributed by atoms with Gasteiger partial charge in [-0.3, -0.25) is 4.79 Å². The van der Waals surface area contributed by atoms with Gasteiger partial charge < -0.3 is 15.4 Å². The van der Waals surface area contributed by atoms with Crippen molar-refractivity contribution in [1.82, 2.24) is 10.6 Å². The van der Waals surface area contributed by atoms with Crippen molar-refractivity contribution in [2.24, 2.45) is 5.41 Å². The van der Waals surface area contributed by atoms with Crippen molar-refractivity contribution in [2.75, 3.05) is 20.2 Å². The van der Waals surface area contributed by atoms with Crippen molar-refractivity contribution in [1.29, 1.82) is 0 Å². The molecule has 1 heterocycles. The van der Waals surface area contributed by atoms with E-state index in [1.54, 1.807) is 18.2 Å². The highest BCUT2D eigenvalue weighted by Crippen LogP contribution is 2.46. The maximum absolute atomic E-state index is 12.9. The van der Waals surface area contributed by atoms with Crippen LogP contribution in [0.4, 0.5) is 0 Å². The summed E-state index contributed by atoms with van der Waals surface area (Å²) >= 11 is 0. The highest BCUT2D eigenvalue weighted by molar-refractivity contribution is 5.85. The van der Waals surface area contributed by atoms with Crippen molar-refractivity contribution in [3.63, 3.8) is 0 Å². The summed E-state index contributed by atoms with van der Waals surface area (Å²) in [7, 11) is 1.67. The van der Waals surface area contributed by atoms with Gasteiger partial charge in [0.15, 0.2) is 0 Å². The maximum Gasteiger partial charge on any atom is 0.220 e. The minimum Gasteiger partial charge on any atom is -0.497 e. The van der Waals surface area contributed by atoms with Gasteiger partial charge in [-0.25, -0.2) is 0 Å². The predicted octanol–water partition coefficient (Wildman–Crippen LogP) is 9.42. The number of carbonyl (C=O) groups excluding carboxylic acids is 1. The molecule has 1 amide bonds. The fourth-order valence-electron chi connectivity index (χ4n) is 8.76. The van der Waals surface area contributed by atoms with Crippen LogP contribution in [0.15, 0.2) is 109 Å². The normalized spacial score (nSPS) is 18.9. The SMILES string of the molecule is COc1ccc(CCC(=O)NCCCC(CCCC2NCCCCC23CCc2ccccc2C3)(c2ccccc2)c2ccccc2)cc1.Cl. The number of halogens is 1. The summed E-state index contributed by atoms with van der Waals surface area (Å²) in [4.78, 5) is 12.9. The van der Waals surface area contributed by atoms with Crippen LogP contribution < -0.4 is 15.4 Å². The molecule has 0 saturated carbocycles. The van der Waals surface area contributed by atoms with Crippen LogP contribution in [-0.4, -0.2) is 32.1 Å². The number of nitrogens with one attached hydrogen (secondary N) is 2. The third kappa shape index (κ3) is 9.15. The Morgan fingerprint density at radius 1 is 0.816 bits per heavy atom. The fourth-order valence-corrected chi connectivity index (χ4v) is 8.76. The van der Waals surface area contributed by atoms with Crippen molar-refractivity contribution in [2.45, 2.75) is 94.9 Å². The maximum atomic E-state index is 12.9. The molecule has 1 aliphatic carbocycles. The van der Waals surface area contributed by atoms with Gasteiger partial charge in [0.1, 0.15) is 5.75 Å². The average molecular weight is 679 g/mol. The van der Waals surface area contributed by atoms with Crippen molar-refractivity contribution < 1.29 is 9.53 Å². The topological polar surface area (TPSA) is 50.4 Å². The second-order valence-electron chi connectivity index (χ2n) is 14.3. The van der Waals surface area contributed by atoms with E-state index in [9.17, 15) is 4.79 Å². The van der Waals surface area contributed by atoms with Crippen LogP contribution in [0.2, 0.25) is 0 Å². The smallest absolute Gasteiger partial charge is 0.220 e. The summed E-state index contributed by atoms with van der Waals surface area (Å²) in [6, 6.07) is 40.0. The molecule has 2 N–H and O–H groups in total. The minimum absolute atomic E-state index is 0. The zero-order valence-corrected chi connectivity index (χ0v) is 30.1. The first kappa shape index (κ1) is 36.7. The third-order valence-electron chi connectivity index (χ3n) is 11.4. The Bertz CT molecular complexity index is 1540. The van der Waals surface area contributed by atoms with E-state index in [-0.39, 0.29) is 23.7 Å². The van der Waals surface area contributed by atoms with Crippen molar-refractivity contribution >= 4 is 18.3 Å². The molecular formula is C44H55ClN2O2. The van der Waals surface area contributed by atoms with E-state index in [4.69, 9.17) is 4.74 Å². The lowest BCUT2D eigenvalue weighted by Crippen LogP contribution is -2.47. The predicted molar refractivity (Wildman–Crippen MR) is 205 cm³/mol. The number of fused-ring (bicyclic) bond motifs is 1. The average Bonchev–Trinajstić information content (AvgIpc) is 3.34. The molecule has 6 rings (SSSR count). The lowest BCUT2D eigenvalue weighted by atomic mass is 9.63. The number of methoxy groups -OCH3 is 1. The Balaban J connectivity index is 0.00000468.